The van der Waals surface area contributed by atoms with Gasteiger partial charge in [0.15, 0.2) is 29.1 Å². The van der Waals surface area contributed by atoms with Gasteiger partial charge in [0.05, 0.1) is 5.56 Å². The van der Waals surface area contributed by atoms with Crippen molar-refractivity contribution in [3.8, 4) is 11.4 Å². The Bertz CT molecular complexity index is 807. The third-order valence-electron chi connectivity index (χ3n) is 2.62. The zero-order chi connectivity index (χ0) is 14.6. The molecular formula is C10H4F5N5. The molecule has 1 aromatic carbocycles. The van der Waals surface area contributed by atoms with Crippen LogP contribution in [0.1, 0.15) is 5.82 Å². The summed E-state index contributed by atoms with van der Waals surface area (Å²) in [5.74, 6) is -10.6. The Morgan fingerprint density at radius 2 is 1.40 bits per heavy atom. The second-order valence-corrected chi connectivity index (χ2v) is 3.91. The van der Waals surface area contributed by atoms with Crippen molar-refractivity contribution in [2.24, 2.45) is 0 Å². The molecule has 1 N–H and O–H groups in total. The maximum Gasteiger partial charge on any atom is 0.272 e. The van der Waals surface area contributed by atoms with Crippen LogP contribution in [-0.4, -0.2) is 24.8 Å². The molecule has 10 heteroatoms. The Morgan fingerprint density at radius 1 is 0.850 bits per heavy atom. The van der Waals surface area contributed by atoms with Gasteiger partial charge in [-0.1, -0.05) is 0 Å². The van der Waals surface area contributed by atoms with E-state index in [4.69, 9.17) is 0 Å². The van der Waals surface area contributed by atoms with Crippen molar-refractivity contribution >= 4 is 5.78 Å². The fraction of sp³-hybridized carbons (Fsp3) is 0.100. The highest BCUT2D eigenvalue weighted by Crippen LogP contribution is 2.30. The Morgan fingerprint density at radius 3 is 2.00 bits per heavy atom. The van der Waals surface area contributed by atoms with Crippen molar-refractivity contribution < 1.29 is 22.0 Å². The first-order valence-corrected chi connectivity index (χ1v) is 5.21. The van der Waals surface area contributed by atoms with Crippen molar-refractivity contribution in [2.75, 3.05) is 0 Å². The van der Waals surface area contributed by atoms with Crippen LogP contribution >= 0.6 is 0 Å². The third kappa shape index (κ3) is 1.50. The monoisotopic (exact) mass is 289 g/mol. The lowest BCUT2D eigenvalue weighted by atomic mass is 10.1. The maximum atomic E-state index is 13.7. The van der Waals surface area contributed by atoms with E-state index in [1.54, 1.807) is 0 Å². The molecule has 2 aromatic heterocycles. The molecule has 20 heavy (non-hydrogen) atoms. The summed E-state index contributed by atoms with van der Waals surface area (Å²) in [4.78, 5) is 3.81. The molecule has 3 aromatic rings. The summed E-state index contributed by atoms with van der Waals surface area (Å²) in [6.07, 6.45) is 0. The SMILES string of the molecule is Cc1nc2nnc(-c3c(F)c(F)c(F)c(F)c3F)n2[nH]1. The summed E-state index contributed by atoms with van der Waals surface area (Å²) in [5, 5.41) is 9.38. The van der Waals surface area contributed by atoms with Gasteiger partial charge in [0.2, 0.25) is 5.82 Å². The molecule has 0 fully saturated rings. The molecule has 0 amide bonds. The number of H-pyrrole nitrogens is 1. The average Bonchev–Trinajstić information content (AvgIpc) is 2.94. The number of rotatable bonds is 1. The quantitative estimate of drug-likeness (QED) is 0.424. The van der Waals surface area contributed by atoms with Gasteiger partial charge >= 0.3 is 0 Å². The number of benzene rings is 1. The summed E-state index contributed by atoms with van der Waals surface area (Å²) >= 11 is 0. The van der Waals surface area contributed by atoms with Crippen molar-refractivity contribution in [1.82, 2.24) is 24.8 Å². The summed E-state index contributed by atoms with van der Waals surface area (Å²) in [7, 11) is 0. The van der Waals surface area contributed by atoms with E-state index in [9.17, 15) is 22.0 Å². The van der Waals surface area contributed by atoms with E-state index >= 15 is 0 Å². The summed E-state index contributed by atoms with van der Waals surface area (Å²) in [5.41, 5.74) is -1.17. The number of nitrogens with one attached hydrogen (secondary N) is 1. The van der Waals surface area contributed by atoms with E-state index < -0.39 is 40.5 Å². The minimum absolute atomic E-state index is 0.0542. The van der Waals surface area contributed by atoms with Crippen LogP contribution in [0.25, 0.3) is 17.2 Å². The Hall–Kier alpha value is -2.52. The van der Waals surface area contributed by atoms with Gasteiger partial charge in [0.25, 0.3) is 5.78 Å². The van der Waals surface area contributed by atoms with E-state index in [-0.39, 0.29) is 5.78 Å². The number of aromatic amines is 1. The second kappa shape index (κ2) is 3.99. The highest BCUT2D eigenvalue weighted by Gasteiger charge is 2.29. The van der Waals surface area contributed by atoms with Crippen LogP contribution in [0.4, 0.5) is 22.0 Å². The van der Waals surface area contributed by atoms with Crippen LogP contribution in [0.5, 0.6) is 0 Å². The first-order chi connectivity index (χ1) is 9.41. The highest BCUT2D eigenvalue weighted by molar-refractivity contribution is 5.59. The fourth-order valence-electron chi connectivity index (χ4n) is 1.75. The van der Waals surface area contributed by atoms with Crippen LogP contribution in [0.3, 0.4) is 0 Å². The van der Waals surface area contributed by atoms with E-state index in [1.807, 2.05) is 0 Å². The second-order valence-electron chi connectivity index (χ2n) is 3.91. The van der Waals surface area contributed by atoms with Crippen LogP contribution in [0.15, 0.2) is 0 Å². The lowest BCUT2D eigenvalue weighted by Gasteiger charge is -2.05. The largest absolute Gasteiger partial charge is 0.276 e. The van der Waals surface area contributed by atoms with Gasteiger partial charge in [-0.2, -0.15) is 9.50 Å². The van der Waals surface area contributed by atoms with Gasteiger partial charge in [-0.25, -0.2) is 22.0 Å². The first kappa shape index (κ1) is 12.5. The Balaban J connectivity index is 2.40. The minimum atomic E-state index is -2.23. The maximum absolute atomic E-state index is 13.7. The number of hydrogen-bond acceptors (Lipinski definition) is 3. The Kier molecular flexibility index (Phi) is 2.49. The van der Waals surface area contributed by atoms with E-state index in [0.717, 1.165) is 4.52 Å². The third-order valence-corrected chi connectivity index (χ3v) is 2.62. The highest BCUT2D eigenvalue weighted by atomic mass is 19.2. The molecular weight excluding hydrogens is 285 g/mol. The summed E-state index contributed by atoms with van der Waals surface area (Å²) < 4.78 is 67.5. The molecule has 0 spiro atoms. The van der Waals surface area contributed by atoms with Crippen molar-refractivity contribution in [1.29, 1.82) is 0 Å². The zero-order valence-corrected chi connectivity index (χ0v) is 9.68. The van der Waals surface area contributed by atoms with Gasteiger partial charge in [-0.05, 0) is 6.92 Å². The number of nitrogens with zero attached hydrogens (tertiary/aromatic N) is 4. The number of aryl methyl sites for hydroxylation is 1. The van der Waals surface area contributed by atoms with E-state index in [1.165, 1.54) is 6.92 Å². The Labute approximate surface area is 107 Å². The number of hydrogen-bond donors (Lipinski definition) is 1. The molecule has 0 aliphatic heterocycles. The van der Waals surface area contributed by atoms with Gasteiger partial charge in [0, 0.05) is 0 Å². The molecule has 0 radical (unpaired) electrons. The summed E-state index contributed by atoms with van der Waals surface area (Å²) in [6, 6.07) is 0. The van der Waals surface area contributed by atoms with Crippen LogP contribution in [-0.2, 0) is 0 Å². The standard InChI is InChI=1S/C10H4F5N5/c1-2-16-10-18-17-9(20(10)19-2)3-4(11)6(13)8(15)7(14)5(3)12/h1H3,(H,16,18,19). The van der Waals surface area contributed by atoms with E-state index in [2.05, 4.69) is 20.3 Å². The molecule has 2 heterocycles. The van der Waals surface area contributed by atoms with Gasteiger partial charge in [0.1, 0.15) is 5.82 Å². The molecule has 5 nitrogen and oxygen atoms in total. The lowest BCUT2D eigenvalue weighted by Crippen LogP contribution is -2.06. The van der Waals surface area contributed by atoms with Crippen molar-refractivity contribution in [2.45, 2.75) is 6.92 Å². The predicted octanol–water partition coefficient (Wildman–Crippen LogP) is 2.12. The molecule has 104 valence electrons. The van der Waals surface area contributed by atoms with Crippen LogP contribution < -0.4 is 0 Å². The van der Waals surface area contributed by atoms with Crippen LogP contribution in [0, 0.1) is 36.0 Å². The smallest absolute Gasteiger partial charge is 0.272 e. The van der Waals surface area contributed by atoms with Crippen molar-refractivity contribution in [3.63, 3.8) is 0 Å². The predicted molar refractivity (Wildman–Crippen MR) is 55.1 cm³/mol. The van der Waals surface area contributed by atoms with E-state index in [0.29, 0.717) is 5.82 Å². The fourth-order valence-corrected chi connectivity index (χ4v) is 1.75. The number of aromatic nitrogens is 5. The molecule has 0 bridgehead atoms. The van der Waals surface area contributed by atoms with Gasteiger partial charge in [-0.3, -0.25) is 5.10 Å². The molecule has 0 aliphatic carbocycles. The molecule has 0 atom stereocenters. The first-order valence-electron chi connectivity index (χ1n) is 5.21. The molecule has 3 rings (SSSR count). The van der Waals surface area contributed by atoms with Crippen LogP contribution in [0.2, 0.25) is 0 Å². The molecule has 0 saturated heterocycles. The lowest BCUT2D eigenvalue weighted by molar-refractivity contribution is 0.380. The van der Waals surface area contributed by atoms with Gasteiger partial charge < -0.3 is 0 Å². The van der Waals surface area contributed by atoms with Crippen molar-refractivity contribution in [3.05, 3.63) is 34.9 Å². The van der Waals surface area contributed by atoms with Gasteiger partial charge in [-0.15, -0.1) is 10.2 Å². The number of halogens is 5. The summed E-state index contributed by atoms with van der Waals surface area (Å²) in [6.45, 7) is 1.52. The average molecular weight is 289 g/mol. The number of fused-ring (bicyclic) bond motifs is 1. The zero-order valence-electron chi connectivity index (χ0n) is 9.68. The minimum Gasteiger partial charge on any atom is -0.276 e. The topological polar surface area (TPSA) is 58.9 Å². The molecule has 0 aliphatic rings. The molecule has 0 unspecified atom stereocenters. The molecule has 0 saturated carbocycles. The normalized spacial score (nSPS) is 11.5.